The minimum Gasteiger partial charge on any atom is -0.494 e. The number of benzene rings is 1. The average Bonchev–Trinajstić information content (AvgIpc) is 3.38. The molecule has 3 amide bonds. The predicted octanol–water partition coefficient (Wildman–Crippen LogP) is 4.08. The van der Waals surface area contributed by atoms with Crippen molar-refractivity contribution in [3.8, 4) is 5.75 Å². The van der Waals surface area contributed by atoms with Gasteiger partial charge in [-0.2, -0.15) is 5.10 Å². The number of pyridine rings is 1. The standard InChI is InChI=1S/C21H15ClF3N5O3S/c1-33-15-2-10(11(22)3-12(15)23)16-4-13-19(34-16)20(31)30(21(32)28-13)14-7-26-5-9-6-27-29(18(9)14)8-17(24)25/h2-7,13,17,19H,8H2,1H3,(H,28,32). The highest BCUT2D eigenvalue weighted by atomic mass is 35.5. The zero-order valence-electron chi connectivity index (χ0n) is 17.3. The van der Waals surface area contributed by atoms with Crippen LogP contribution in [0, 0.1) is 5.82 Å². The summed E-state index contributed by atoms with van der Waals surface area (Å²) in [5.74, 6) is -1.21. The molecule has 2 aromatic heterocycles. The highest BCUT2D eigenvalue weighted by molar-refractivity contribution is 8.09. The lowest BCUT2D eigenvalue weighted by atomic mass is 10.1. The van der Waals surface area contributed by atoms with Crippen LogP contribution in [-0.2, 0) is 11.3 Å². The Morgan fingerprint density at radius 3 is 2.79 bits per heavy atom. The molecule has 0 spiro atoms. The smallest absolute Gasteiger partial charge is 0.329 e. The number of rotatable bonds is 5. The van der Waals surface area contributed by atoms with Crippen LogP contribution in [0.4, 0.5) is 23.7 Å². The SMILES string of the molecule is COc1cc(C2=CC3NC(=O)N(c4cncc5cnn(CC(F)F)c45)C(=O)C3S2)c(Cl)cc1F. The van der Waals surface area contributed by atoms with E-state index in [1.807, 2.05) is 0 Å². The third-order valence-corrected chi connectivity index (χ3v) is 7.12. The summed E-state index contributed by atoms with van der Waals surface area (Å²) in [4.78, 5) is 31.9. The van der Waals surface area contributed by atoms with E-state index in [9.17, 15) is 22.8 Å². The van der Waals surface area contributed by atoms with Crippen molar-refractivity contribution in [3.05, 3.63) is 53.2 Å². The largest absolute Gasteiger partial charge is 0.494 e. The van der Waals surface area contributed by atoms with Crippen LogP contribution in [-0.4, -0.2) is 51.5 Å². The first-order chi connectivity index (χ1) is 16.3. The molecule has 1 aromatic carbocycles. The fourth-order valence-corrected chi connectivity index (χ4v) is 5.57. The van der Waals surface area contributed by atoms with Gasteiger partial charge in [-0.3, -0.25) is 14.5 Å². The van der Waals surface area contributed by atoms with E-state index >= 15 is 0 Å². The molecule has 2 unspecified atom stereocenters. The Morgan fingerprint density at radius 2 is 2.06 bits per heavy atom. The van der Waals surface area contributed by atoms with Crippen molar-refractivity contribution in [1.29, 1.82) is 0 Å². The molecule has 176 valence electrons. The van der Waals surface area contributed by atoms with Crippen LogP contribution in [0.3, 0.4) is 0 Å². The van der Waals surface area contributed by atoms with Gasteiger partial charge in [0.25, 0.3) is 12.3 Å². The fraction of sp³-hybridized carbons (Fsp3) is 0.238. The monoisotopic (exact) mass is 509 g/mol. The highest BCUT2D eigenvalue weighted by Gasteiger charge is 2.46. The van der Waals surface area contributed by atoms with Gasteiger partial charge in [-0.15, -0.1) is 11.8 Å². The Hall–Kier alpha value is -3.25. The van der Waals surface area contributed by atoms with Crippen LogP contribution in [0.2, 0.25) is 5.02 Å². The number of methoxy groups -OCH3 is 1. The van der Waals surface area contributed by atoms with Gasteiger partial charge in [0.05, 0.1) is 41.8 Å². The second-order valence-corrected chi connectivity index (χ2v) is 9.09. The van der Waals surface area contributed by atoms with Crippen molar-refractivity contribution in [2.45, 2.75) is 24.3 Å². The van der Waals surface area contributed by atoms with Gasteiger partial charge < -0.3 is 10.1 Å². The molecule has 13 heteroatoms. The van der Waals surface area contributed by atoms with E-state index < -0.39 is 42.0 Å². The van der Waals surface area contributed by atoms with Gasteiger partial charge in [0.15, 0.2) is 11.6 Å². The molecule has 3 aromatic rings. The van der Waals surface area contributed by atoms with Crippen molar-refractivity contribution < 1.29 is 27.5 Å². The van der Waals surface area contributed by atoms with Gasteiger partial charge in [-0.05, 0) is 18.2 Å². The van der Waals surface area contributed by atoms with Crippen LogP contribution >= 0.6 is 23.4 Å². The molecule has 2 aliphatic rings. The lowest BCUT2D eigenvalue weighted by Crippen LogP contribution is -2.60. The number of urea groups is 1. The number of carbonyl (C=O) groups excluding carboxylic acids is 2. The quantitative estimate of drug-likeness (QED) is 0.557. The summed E-state index contributed by atoms with van der Waals surface area (Å²) in [7, 11) is 1.32. The van der Waals surface area contributed by atoms with Crippen molar-refractivity contribution in [3.63, 3.8) is 0 Å². The molecule has 2 atom stereocenters. The molecule has 0 bridgehead atoms. The van der Waals surface area contributed by atoms with E-state index in [-0.39, 0.29) is 22.0 Å². The molecule has 2 aliphatic heterocycles. The number of imide groups is 1. The van der Waals surface area contributed by atoms with Crippen LogP contribution in [0.25, 0.3) is 15.8 Å². The molecule has 5 rings (SSSR count). The Bertz CT molecular complexity index is 1360. The molecule has 0 saturated carbocycles. The van der Waals surface area contributed by atoms with Crippen molar-refractivity contribution in [2.75, 3.05) is 12.0 Å². The van der Waals surface area contributed by atoms with Gasteiger partial charge in [0.1, 0.15) is 11.8 Å². The number of alkyl halides is 2. The van der Waals surface area contributed by atoms with E-state index in [4.69, 9.17) is 16.3 Å². The summed E-state index contributed by atoms with van der Waals surface area (Å²) in [6.07, 6.45) is 3.00. The van der Waals surface area contributed by atoms with Gasteiger partial charge in [-0.1, -0.05) is 11.6 Å². The number of ether oxygens (including phenoxy) is 1. The number of fused-ring (bicyclic) bond motifs is 2. The van der Waals surface area contributed by atoms with Crippen LogP contribution in [0.1, 0.15) is 5.56 Å². The number of nitrogens with zero attached hydrogens (tertiary/aromatic N) is 4. The van der Waals surface area contributed by atoms with E-state index in [1.165, 1.54) is 31.8 Å². The van der Waals surface area contributed by atoms with Crippen LogP contribution < -0.4 is 15.0 Å². The summed E-state index contributed by atoms with van der Waals surface area (Å²) in [5.41, 5.74) is 0.693. The average molecular weight is 510 g/mol. The minimum absolute atomic E-state index is 0.0159. The molecular weight excluding hydrogens is 495 g/mol. The van der Waals surface area contributed by atoms with Crippen molar-refractivity contribution in [2.24, 2.45) is 0 Å². The third-order valence-electron chi connectivity index (χ3n) is 5.45. The molecule has 34 heavy (non-hydrogen) atoms. The van der Waals surface area contributed by atoms with Gasteiger partial charge >= 0.3 is 6.03 Å². The van der Waals surface area contributed by atoms with E-state index in [0.717, 1.165) is 27.4 Å². The van der Waals surface area contributed by atoms with Crippen LogP contribution in [0.15, 0.2) is 36.8 Å². The second-order valence-electron chi connectivity index (χ2n) is 7.50. The Kier molecular flexibility index (Phi) is 5.64. The molecule has 1 saturated heterocycles. The number of aromatic nitrogens is 3. The number of nitrogens with one attached hydrogen (secondary N) is 1. The summed E-state index contributed by atoms with van der Waals surface area (Å²) in [6, 6.07) is 1.15. The number of thioether (sulfide) groups is 1. The van der Waals surface area contributed by atoms with Gasteiger partial charge in [-0.25, -0.2) is 22.9 Å². The molecule has 1 N–H and O–H groups in total. The zero-order chi connectivity index (χ0) is 24.1. The molecule has 0 aliphatic carbocycles. The first-order valence-electron chi connectivity index (χ1n) is 9.92. The predicted molar refractivity (Wildman–Crippen MR) is 121 cm³/mol. The lowest BCUT2D eigenvalue weighted by Gasteiger charge is -2.33. The molecule has 0 radical (unpaired) electrons. The number of halogens is 4. The zero-order valence-corrected chi connectivity index (χ0v) is 18.9. The Labute approximate surface area is 199 Å². The maximum absolute atomic E-state index is 14.0. The first kappa shape index (κ1) is 22.5. The lowest BCUT2D eigenvalue weighted by molar-refractivity contribution is -0.118. The maximum atomic E-state index is 14.0. The van der Waals surface area contributed by atoms with Crippen molar-refractivity contribution >= 4 is 56.8 Å². The molecular formula is C21H15ClF3N5O3S. The summed E-state index contributed by atoms with van der Waals surface area (Å²) in [6.45, 7) is -0.707. The normalized spacial score (nSPS) is 20.1. The molecule has 1 fully saturated rings. The number of carbonyl (C=O) groups is 2. The number of hydrogen-bond acceptors (Lipinski definition) is 6. The van der Waals surface area contributed by atoms with E-state index in [0.29, 0.717) is 15.9 Å². The van der Waals surface area contributed by atoms with Gasteiger partial charge in [0, 0.05) is 22.1 Å². The first-order valence-corrected chi connectivity index (χ1v) is 11.2. The minimum atomic E-state index is -2.69. The topological polar surface area (TPSA) is 89.3 Å². The Balaban J connectivity index is 1.50. The number of hydrogen-bond donors (Lipinski definition) is 1. The molecule has 8 nitrogen and oxygen atoms in total. The van der Waals surface area contributed by atoms with Gasteiger partial charge in [0.2, 0.25) is 0 Å². The number of anilines is 1. The summed E-state index contributed by atoms with van der Waals surface area (Å²) >= 11 is 7.37. The van der Waals surface area contributed by atoms with E-state index in [2.05, 4.69) is 15.4 Å². The van der Waals surface area contributed by atoms with E-state index in [1.54, 1.807) is 6.08 Å². The number of amides is 3. The summed E-state index contributed by atoms with van der Waals surface area (Å²) in [5, 5.41) is 6.46. The third kappa shape index (κ3) is 3.66. The summed E-state index contributed by atoms with van der Waals surface area (Å²) < 4.78 is 46.1. The fourth-order valence-electron chi connectivity index (χ4n) is 3.97. The maximum Gasteiger partial charge on any atom is 0.329 e. The van der Waals surface area contributed by atoms with Crippen LogP contribution in [0.5, 0.6) is 5.75 Å². The molecule has 4 heterocycles. The second kappa shape index (κ2) is 8.51. The highest BCUT2D eigenvalue weighted by Crippen LogP contribution is 2.46. The Morgan fingerprint density at radius 1 is 1.26 bits per heavy atom. The van der Waals surface area contributed by atoms with Crippen molar-refractivity contribution in [1.82, 2.24) is 20.1 Å².